The van der Waals surface area contributed by atoms with Gasteiger partial charge in [-0.2, -0.15) is 0 Å². The number of amides is 1. The first-order valence-electron chi connectivity index (χ1n) is 7.11. The third-order valence-electron chi connectivity index (χ3n) is 3.83. The molecule has 1 aromatic heterocycles. The zero-order valence-electron chi connectivity index (χ0n) is 12.5. The zero-order chi connectivity index (χ0) is 16.6. The highest BCUT2D eigenvalue weighted by atomic mass is 32.2. The van der Waals surface area contributed by atoms with Gasteiger partial charge in [0.25, 0.3) is 5.91 Å². The number of hydrogen-bond acceptors (Lipinski definition) is 5. The van der Waals surface area contributed by atoms with Gasteiger partial charge >= 0.3 is 0 Å². The van der Waals surface area contributed by atoms with Crippen molar-refractivity contribution in [3.05, 3.63) is 34.5 Å². The quantitative estimate of drug-likeness (QED) is 0.910. The number of hydrogen-bond donors (Lipinski definition) is 1. The summed E-state index contributed by atoms with van der Waals surface area (Å²) in [7, 11) is -1.59. The van der Waals surface area contributed by atoms with Gasteiger partial charge in [-0.05, 0) is 18.6 Å². The second-order valence-corrected chi connectivity index (χ2v) is 8.81. The van der Waals surface area contributed by atoms with Gasteiger partial charge in [0.15, 0.2) is 9.84 Å². The van der Waals surface area contributed by atoms with E-state index in [2.05, 4.69) is 5.32 Å². The number of ether oxygens (including phenoxy) is 1. The molecule has 1 aliphatic heterocycles. The largest absolute Gasteiger partial charge is 0.380 e. The maximum absolute atomic E-state index is 14.1. The monoisotopic (exact) mass is 357 g/mol. The van der Waals surface area contributed by atoms with Crippen molar-refractivity contribution < 1.29 is 22.3 Å². The van der Waals surface area contributed by atoms with E-state index in [4.69, 9.17) is 4.74 Å². The molecule has 0 unspecified atom stereocenters. The summed E-state index contributed by atoms with van der Waals surface area (Å²) in [5.74, 6) is -0.727. The van der Waals surface area contributed by atoms with E-state index in [1.54, 1.807) is 12.1 Å². The third-order valence-corrected chi connectivity index (χ3v) is 6.79. The summed E-state index contributed by atoms with van der Waals surface area (Å²) in [6, 6.07) is 4.30. The minimum atomic E-state index is -3.07. The molecule has 0 spiro atoms. The molecule has 3 rings (SSSR count). The van der Waals surface area contributed by atoms with Crippen LogP contribution in [-0.4, -0.2) is 39.0 Å². The number of nitrogens with one attached hydrogen (secondary N) is 1. The second-order valence-electron chi connectivity index (χ2n) is 5.53. The van der Waals surface area contributed by atoms with Crippen LogP contribution in [0.5, 0.6) is 0 Å². The summed E-state index contributed by atoms with van der Waals surface area (Å²) >= 11 is 1.19. The van der Waals surface area contributed by atoms with E-state index in [1.807, 2.05) is 0 Å². The Labute approximate surface area is 137 Å². The molecule has 1 aliphatic rings. The van der Waals surface area contributed by atoms with Crippen molar-refractivity contribution in [3.63, 3.8) is 0 Å². The molecule has 1 saturated heterocycles. The SMILES string of the molecule is COCc1c(C(=O)N[C@H]2CCS(=O)(=O)C2)sc2cccc(F)c12. The lowest BCUT2D eigenvalue weighted by atomic mass is 10.1. The van der Waals surface area contributed by atoms with Crippen LogP contribution in [0.2, 0.25) is 0 Å². The molecule has 2 aromatic rings. The Morgan fingerprint density at radius 1 is 1.48 bits per heavy atom. The van der Waals surface area contributed by atoms with Crippen LogP contribution in [0, 0.1) is 5.82 Å². The first-order chi connectivity index (χ1) is 10.9. The Hall–Kier alpha value is -1.51. The first-order valence-corrected chi connectivity index (χ1v) is 9.75. The number of thiophene rings is 1. The number of carbonyl (C=O) groups is 1. The van der Waals surface area contributed by atoms with Gasteiger partial charge in [0, 0.05) is 28.8 Å². The molecule has 0 radical (unpaired) electrons. The predicted octanol–water partition coefficient (Wildman–Crippen LogP) is 2.10. The fourth-order valence-electron chi connectivity index (χ4n) is 2.79. The number of sulfone groups is 1. The standard InChI is InChI=1S/C15H16FNO4S2/c1-21-7-10-13-11(16)3-2-4-12(13)22-14(10)15(18)17-9-5-6-23(19,20)8-9/h2-4,9H,5-8H2,1H3,(H,17,18)/t9-/m0/s1. The van der Waals surface area contributed by atoms with Crippen LogP contribution >= 0.6 is 11.3 Å². The second kappa shape index (κ2) is 6.18. The van der Waals surface area contributed by atoms with Crippen LogP contribution in [0.3, 0.4) is 0 Å². The molecule has 0 saturated carbocycles. The van der Waals surface area contributed by atoms with Crippen molar-refractivity contribution >= 4 is 37.2 Å². The molecular weight excluding hydrogens is 341 g/mol. The predicted molar refractivity (Wildman–Crippen MR) is 87.0 cm³/mol. The number of rotatable bonds is 4. The van der Waals surface area contributed by atoms with Crippen LogP contribution in [0.25, 0.3) is 10.1 Å². The topological polar surface area (TPSA) is 72.5 Å². The van der Waals surface area contributed by atoms with Gasteiger partial charge in [-0.3, -0.25) is 4.79 Å². The van der Waals surface area contributed by atoms with Crippen LogP contribution in [0.1, 0.15) is 21.7 Å². The number of benzene rings is 1. The molecule has 1 amide bonds. The number of fused-ring (bicyclic) bond motifs is 1. The Balaban J connectivity index is 1.94. The molecule has 8 heteroatoms. The van der Waals surface area contributed by atoms with Crippen LogP contribution in [0.15, 0.2) is 18.2 Å². The minimum Gasteiger partial charge on any atom is -0.380 e. The summed E-state index contributed by atoms with van der Waals surface area (Å²) in [5.41, 5.74) is 0.504. The molecule has 1 fully saturated rings. The van der Waals surface area contributed by atoms with Crippen molar-refractivity contribution in [2.24, 2.45) is 0 Å². The lowest BCUT2D eigenvalue weighted by Gasteiger charge is -2.11. The number of halogens is 1. The van der Waals surface area contributed by atoms with Gasteiger partial charge in [-0.1, -0.05) is 6.07 Å². The van der Waals surface area contributed by atoms with Crippen molar-refractivity contribution in [1.82, 2.24) is 5.32 Å². The Morgan fingerprint density at radius 3 is 2.91 bits per heavy atom. The molecule has 0 bridgehead atoms. The van der Waals surface area contributed by atoms with Gasteiger partial charge in [-0.15, -0.1) is 11.3 Å². The van der Waals surface area contributed by atoms with Crippen molar-refractivity contribution in [2.45, 2.75) is 19.1 Å². The molecule has 5 nitrogen and oxygen atoms in total. The van der Waals surface area contributed by atoms with Crippen molar-refractivity contribution in [2.75, 3.05) is 18.6 Å². The van der Waals surface area contributed by atoms with Crippen LogP contribution in [0.4, 0.5) is 4.39 Å². The average Bonchev–Trinajstić information content (AvgIpc) is 3.01. The summed E-state index contributed by atoms with van der Waals surface area (Å²) in [4.78, 5) is 12.9. The Morgan fingerprint density at radius 2 is 2.26 bits per heavy atom. The zero-order valence-corrected chi connectivity index (χ0v) is 14.1. The van der Waals surface area contributed by atoms with Gasteiger partial charge < -0.3 is 10.1 Å². The molecular formula is C15H16FNO4S2. The first kappa shape index (κ1) is 16.4. The van der Waals surface area contributed by atoms with E-state index in [9.17, 15) is 17.6 Å². The smallest absolute Gasteiger partial charge is 0.262 e. The number of carbonyl (C=O) groups excluding carboxylic acids is 1. The molecule has 1 atom stereocenters. The minimum absolute atomic E-state index is 0.0440. The van der Waals surface area contributed by atoms with E-state index >= 15 is 0 Å². The van der Waals surface area contributed by atoms with Crippen molar-refractivity contribution in [1.29, 1.82) is 0 Å². The van der Waals surface area contributed by atoms with Gasteiger partial charge in [0.05, 0.1) is 23.0 Å². The summed E-state index contributed by atoms with van der Waals surface area (Å²) in [6.45, 7) is 0.118. The average molecular weight is 357 g/mol. The molecule has 1 aromatic carbocycles. The summed E-state index contributed by atoms with van der Waals surface area (Å²) in [6.07, 6.45) is 0.410. The molecule has 23 heavy (non-hydrogen) atoms. The van der Waals surface area contributed by atoms with Gasteiger partial charge in [0.2, 0.25) is 0 Å². The van der Waals surface area contributed by atoms with Crippen LogP contribution < -0.4 is 5.32 Å². The van der Waals surface area contributed by atoms with Crippen LogP contribution in [-0.2, 0) is 21.2 Å². The molecule has 0 aliphatic carbocycles. The van der Waals surface area contributed by atoms with E-state index in [0.717, 1.165) is 0 Å². The maximum Gasteiger partial charge on any atom is 0.262 e. The highest BCUT2D eigenvalue weighted by Crippen LogP contribution is 2.34. The van der Waals surface area contributed by atoms with E-state index < -0.39 is 21.7 Å². The highest BCUT2D eigenvalue weighted by Gasteiger charge is 2.30. The summed E-state index contributed by atoms with van der Waals surface area (Å²) in [5, 5.41) is 3.14. The highest BCUT2D eigenvalue weighted by molar-refractivity contribution is 7.91. The van der Waals surface area contributed by atoms with Gasteiger partial charge in [0.1, 0.15) is 5.82 Å². The lowest BCUT2D eigenvalue weighted by molar-refractivity contribution is 0.0941. The Bertz CT molecular complexity index is 860. The molecule has 124 valence electrons. The fourth-order valence-corrected chi connectivity index (χ4v) is 5.59. The van der Waals surface area contributed by atoms with Crippen molar-refractivity contribution in [3.8, 4) is 0 Å². The normalized spacial score (nSPS) is 20.0. The third kappa shape index (κ3) is 3.24. The number of methoxy groups -OCH3 is 1. The fraction of sp³-hybridized carbons (Fsp3) is 0.400. The molecule has 2 heterocycles. The van der Waals surface area contributed by atoms with E-state index in [0.29, 0.717) is 26.9 Å². The summed E-state index contributed by atoms with van der Waals surface area (Å²) < 4.78 is 42.9. The lowest BCUT2D eigenvalue weighted by Crippen LogP contribution is -2.35. The van der Waals surface area contributed by atoms with E-state index in [-0.39, 0.29) is 24.0 Å². The molecule has 1 N–H and O–H groups in total. The Kier molecular flexibility index (Phi) is 4.39. The maximum atomic E-state index is 14.1. The van der Waals surface area contributed by atoms with Gasteiger partial charge in [-0.25, -0.2) is 12.8 Å². The van der Waals surface area contributed by atoms with E-state index in [1.165, 1.54) is 24.5 Å².